The minimum atomic E-state index is -0.903. The van der Waals surface area contributed by atoms with Crippen LogP contribution in [-0.2, 0) is 17.6 Å². The van der Waals surface area contributed by atoms with E-state index in [-0.39, 0.29) is 18.0 Å². The van der Waals surface area contributed by atoms with Gasteiger partial charge < -0.3 is 10.0 Å². The molecule has 1 unspecified atom stereocenters. The summed E-state index contributed by atoms with van der Waals surface area (Å²) < 4.78 is 1.69. The largest absolute Gasteiger partial charge is 0.481 e. The third-order valence-corrected chi connectivity index (χ3v) is 9.14. The zero-order valence-corrected chi connectivity index (χ0v) is 27.0. The van der Waals surface area contributed by atoms with Gasteiger partial charge in [0.1, 0.15) is 5.01 Å². The van der Waals surface area contributed by atoms with E-state index in [0.717, 1.165) is 28.0 Å². The predicted molar refractivity (Wildman–Crippen MR) is 178 cm³/mol. The van der Waals surface area contributed by atoms with E-state index in [2.05, 4.69) is 13.8 Å². The highest BCUT2D eigenvalue weighted by atomic mass is 35.5. The molecule has 1 atom stereocenters. The van der Waals surface area contributed by atoms with E-state index in [4.69, 9.17) is 16.6 Å². The molecular weight excluding hydrogens is 594 g/mol. The Labute approximate surface area is 266 Å². The first-order valence-corrected chi connectivity index (χ1v) is 16.2. The van der Waals surface area contributed by atoms with Crippen LogP contribution >= 0.6 is 22.9 Å². The molecule has 0 spiro atoms. The van der Waals surface area contributed by atoms with Crippen molar-refractivity contribution in [3.05, 3.63) is 97.2 Å². The third kappa shape index (κ3) is 6.28. The number of carbonyl (C=O) groups is 2. The summed E-state index contributed by atoms with van der Waals surface area (Å²) in [6.07, 6.45) is 4.40. The van der Waals surface area contributed by atoms with Gasteiger partial charge in [0.05, 0.1) is 34.1 Å². The molecule has 0 aliphatic carbocycles. The van der Waals surface area contributed by atoms with E-state index in [1.54, 1.807) is 27.7 Å². The van der Waals surface area contributed by atoms with Gasteiger partial charge in [0.15, 0.2) is 0 Å². The Kier molecular flexibility index (Phi) is 9.51. The maximum absolute atomic E-state index is 14.7. The molecule has 0 saturated carbocycles. The Hall–Kier alpha value is -4.01. The number of para-hydroxylation sites is 1. The second kappa shape index (κ2) is 13.3. The van der Waals surface area contributed by atoms with E-state index >= 15 is 0 Å². The van der Waals surface area contributed by atoms with Crippen LogP contribution in [0, 0.1) is 5.92 Å². The summed E-state index contributed by atoms with van der Waals surface area (Å²) in [4.78, 5) is 47.4. The number of aromatic nitrogens is 2. The maximum Gasteiger partial charge on any atom is 0.308 e. The van der Waals surface area contributed by atoms with Gasteiger partial charge in [-0.15, -0.1) is 11.3 Å². The fourth-order valence-corrected chi connectivity index (χ4v) is 6.74. The SMILES string of the molecule is CCc1cccc(CC)c1-n1c(C=C(C)C)c(C(=O)N2CCCC(C(=O)O)C2)cc(-c2nc(-c3ccc(Cl)cc3)cs2)c1=O. The van der Waals surface area contributed by atoms with Crippen molar-refractivity contribution in [1.82, 2.24) is 14.5 Å². The van der Waals surface area contributed by atoms with E-state index < -0.39 is 11.9 Å². The molecule has 1 aliphatic rings. The van der Waals surface area contributed by atoms with Crippen LogP contribution in [0.15, 0.2) is 64.3 Å². The van der Waals surface area contributed by atoms with Crippen LogP contribution in [0.25, 0.3) is 33.6 Å². The number of piperidine rings is 1. The number of aryl methyl sites for hydroxylation is 2. The number of carboxylic acid groups (broad SMARTS) is 1. The first-order valence-electron chi connectivity index (χ1n) is 14.9. The Bertz CT molecular complexity index is 1780. The topological polar surface area (TPSA) is 92.5 Å². The van der Waals surface area contributed by atoms with Crippen LogP contribution in [0.4, 0.5) is 0 Å². The summed E-state index contributed by atoms with van der Waals surface area (Å²) in [7, 11) is 0. The minimum Gasteiger partial charge on any atom is -0.481 e. The average molecular weight is 630 g/mol. The summed E-state index contributed by atoms with van der Waals surface area (Å²) >= 11 is 7.44. The zero-order chi connectivity index (χ0) is 31.5. The average Bonchev–Trinajstić information content (AvgIpc) is 3.51. The van der Waals surface area contributed by atoms with E-state index in [1.165, 1.54) is 11.3 Å². The maximum atomic E-state index is 14.7. The van der Waals surface area contributed by atoms with Crippen molar-refractivity contribution < 1.29 is 14.7 Å². The number of benzene rings is 2. The Morgan fingerprint density at radius 1 is 1.09 bits per heavy atom. The summed E-state index contributed by atoms with van der Waals surface area (Å²) in [5.74, 6) is -1.82. The Morgan fingerprint density at radius 3 is 2.39 bits per heavy atom. The number of rotatable bonds is 8. The number of nitrogens with zero attached hydrogens (tertiary/aromatic N) is 3. The van der Waals surface area contributed by atoms with Crippen LogP contribution in [-0.4, -0.2) is 44.5 Å². The summed E-state index contributed by atoms with van der Waals surface area (Å²) in [5, 5.41) is 12.7. The van der Waals surface area contributed by atoms with E-state index in [0.29, 0.717) is 64.8 Å². The van der Waals surface area contributed by atoms with E-state index in [1.807, 2.05) is 55.6 Å². The Balaban J connectivity index is 1.80. The van der Waals surface area contributed by atoms with Gasteiger partial charge in [-0.1, -0.05) is 61.4 Å². The second-order valence-electron chi connectivity index (χ2n) is 11.3. The molecule has 7 nitrogen and oxygen atoms in total. The molecular formula is C35H36ClN3O4S. The molecule has 0 radical (unpaired) electrons. The third-order valence-electron chi connectivity index (χ3n) is 8.02. The zero-order valence-electron chi connectivity index (χ0n) is 25.4. The quantitative estimate of drug-likeness (QED) is 0.215. The number of hydrogen-bond acceptors (Lipinski definition) is 5. The summed E-state index contributed by atoms with van der Waals surface area (Å²) in [6.45, 7) is 8.56. The molecule has 5 rings (SSSR count). The molecule has 4 aromatic rings. The summed E-state index contributed by atoms with van der Waals surface area (Å²) in [5.41, 5.74) is 6.17. The van der Waals surface area contributed by atoms with Gasteiger partial charge in [-0.2, -0.15) is 0 Å². The monoisotopic (exact) mass is 629 g/mol. The van der Waals surface area contributed by atoms with Crippen molar-refractivity contribution in [2.24, 2.45) is 5.92 Å². The van der Waals surface area contributed by atoms with Gasteiger partial charge in [0, 0.05) is 29.1 Å². The number of thiazole rings is 1. The number of pyridine rings is 1. The number of carboxylic acids is 1. The van der Waals surface area contributed by atoms with Crippen molar-refractivity contribution in [2.75, 3.05) is 13.1 Å². The van der Waals surface area contributed by atoms with Crippen LogP contribution < -0.4 is 5.56 Å². The fraction of sp³-hybridized carbons (Fsp3) is 0.314. The first-order chi connectivity index (χ1) is 21.1. The second-order valence-corrected chi connectivity index (χ2v) is 12.6. The molecule has 3 heterocycles. The lowest BCUT2D eigenvalue weighted by Gasteiger charge is -2.31. The van der Waals surface area contributed by atoms with Crippen molar-refractivity contribution in [1.29, 1.82) is 0 Å². The standard InChI is InChI=1S/C35H36ClN3O4S/c1-5-22-9-7-10-23(6-2)31(22)39-30(17-21(3)4)27(33(40)38-16-8-11-25(19-38)35(42)43)18-28(34(39)41)32-37-29(20-44-32)24-12-14-26(36)15-13-24/h7,9-10,12-15,17-18,20,25H,5-6,8,11,16,19H2,1-4H3,(H,42,43). The molecule has 0 bridgehead atoms. The molecule has 2 aromatic carbocycles. The van der Waals surface area contributed by atoms with Crippen LogP contribution in [0.5, 0.6) is 0 Å². The predicted octanol–water partition coefficient (Wildman–Crippen LogP) is 7.77. The molecule has 1 N–H and O–H groups in total. The molecule has 9 heteroatoms. The minimum absolute atomic E-state index is 0.126. The van der Waals surface area contributed by atoms with Crippen LogP contribution in [0.3, 0.4) is 0 Å². The number of halogens is 1. The number of carbonyl (C=O) groups excluding carboxylic acids is 1. The first kappa shape index (κ1) is 31.4. The number of amides is 1. The highest BCUT2D eigenvalue weighted by Crippen LogP contribution is 2.32. The molecule has 44 heavy (non-hydrogen) atoms. The van der Waals surface area contributed by atoms with Gasteiger partial charge in [-0.3, -0.25) is 19.0 Å². The normalized spacial score (nSPS) is 14.8. The fourth-order valence-electron chi connectivity index (χ4n) is 5.78. The lowest BCUT2D eigenvalue weighted by atomic mass is 9.96. The van der Waals surface area contributed by atoms with Crippen molar-refractivity contribution in [2.45, 2.75) is 53.4 Å². The van der Waals surface area contributed by atoms with Gasteiger partial charge >= 0.3 is 5.97 Å². The number of likely N-dealkylation sites (tertiary alicyclic amines) is 1. The van der Waals surface area contributed by atoms with Crippen LogP contribution in [0.2, 0.25) is 5.02 Å². The van der Waals surface area contributed by atoms with Crippen molar-refractivity contribution in [3.8, 4) is 27.5 Å². The molecule has 2 aromatic heterocycles. The van der Waals surface area contributed by atoms with Gasteiger partial charge in [0.2, 0.25) is 0 Å². The number of aliphatic carboxylic acids is 1. The lowest BCUT2D eigenvalue weighted by Crippen LogP contribution is -2.43. The lowest BCUT2D eigenvalue weighted by molar-refractivity contribution is -0.143. The molecule has 228 valence electrons. The van der Waals surface area contributed by atoms with E-state index in [9.17, 15) is 19.5 Å². The van der Waals surface area contributed by atoms with Gasteiger partial charge in [-0.25, -0.2) is 4.98 Å². The number of hydrogen-bond donors (Lipinski definition) is 1. The molecule has 1 amide bonds. The Morgan fingerprint density at radius 2 is 1.77 bits per heavy atom. The summed E-state index contributed by atoms with van der Waals surface area (Å²) in [6, 6.07) is 15.1. The van der Waals surface area contributed by atoms with Crippen molar-refractivity contribution in [3.63, 3.8) is 0 Å². The van der Waals surface area contributed by atoms with Crippen molar-refractivity contribution >= 4 is 40.9 Å². The highest BCUT2D eigenvalue weighted by molar-refractivity contribution is 7.13. The van der Waals surface area contributed by atoms with Gasteiger partial charge in [0.25, 0.3) is 11.5 Å². The molecule has 1 fully saturated rings. The molecule has 1 saturated heterocycles. The molecule has 1 aliphatic heterocycles. The van der Waals surface area contributed by atoms with Crippen LogP contribution in [0.1, 0.15) is 67.7 Å². The highest BCUT2D eigenvalue weighted by Gasteiger charge is 2.32. The smallest absolute Gasteiger partial charge is 0.308 e. The van der Waals surface area contributed by atoms with Gasteiger partial charge in [-0.05, 0) is 74.9 Å². The number of allylic oxidation sites excluding steroid dienone is 1.